The zero-order valence-electron chi connectivity index (χ0n) is 16.6. The van der Waals surface area contributed by atoms with Crippen LogP contribution in [0.2, 0.25) is 10.0 Å². The van der Waals surface area contributed by atoms with Gasteiger partial charge in [-0.2, -0.15) is 13.2 Å². The van der Waals surface area contributed by atoms with Crippen molar-refractivity contribution in [1.82, 2.24) is 5.32 Å². The lowest BCUT2D eigenvalue weighted by molar-refractivity contribution is -0.275. The number of carbonyl (C=O) groups excluding carboxylic acids is 1. The van der Waals surface area contributed by atoms with Crippen LogP contribution in [-0.4, -0.2) is 39.9 Å². The van der Waals surface area contributed by atoms with Crippen LogP contribution < -0.4 is 5.32 Å². The lowest BCUT2D eigenvalue weighted by Crippen LogP contribution is -2.53. The Balaban J connectivity index is 1.58. The molecule has 1 fully saturated rings. The molecule has 11 heteroatoms. The average Bonchev–Trinajstić information content (AvgIpc) is 3.12. The number of benzene rings is 2. The van der Waals surface area contributed by atoms with Gasteiger partial charge in [-0.25, -0.2) is 0 Å². The van der Waals surface area contributed by atoms with Crippen molar-refractivity contribution in [3.8, 4) is 0 Å². The van der Waals surface area contributed by atoms with Crippen molar-refractivity contribution in [3.63, 3.8) is 0 Å². The minimum Gasteiger partial charge on any atom is -0.616 e. The van der Waals surface area contributed by atoms with Crippen LogP contribution in [-0.2, 0) is 21.6 Å². The van der Waals surface area contributed by atoms with Crippen LogP contribution in [0.1, 0.15) is 33.5 Å². The predicted molar refractivity (Wildman–Crippen MR) is 117 cm³/mol. The number of hydrogen-bond donors (Lipinski definition) is 1. The molecule has 5 nitrogen and oxygen atoms in total. The Hall–Kier alpha value is -1.94. The number of oxime groups is 1. The third kappa shape index (κ3) is 4.31. The number of carbonyl (C=O) groups is 1. The number of rotatable bonds is 4. The molecular weight excluding hydrogens is 488 g/mol. The predicted octanol–water partition coefficient (Wildman–Crippen LogP) is 4.74. The molecule has 1 N–H and O–H groups in total. The highest BCUT2D eigenvalue weighted by Crippen LogP contribution is 2.49. The number of hydrogen-bond acceptors (Lipinski definition) is 4. The van der Waals surface area contributed by atoms with E-state index in [1.165, 1.54) is 18.2 Å². The van der Waals surface area contributed by atoms with Gasteiger partial charge in [0.1, 0.15) is 17.5 Å². The fourth-order valence-electron chi connectivity index (χ4n) is 3.69. The summed E-state index contributed by atoms with van der Waals surface area (Å²) in [5, 5.41) is 6.63. The number of nitrogens with zero attached hydrogens (tertiary/aromatic N) is 1. The molecule has 32 heavy (non-hydrogen) atoms. The van der Waals surface area contributed by atoms with E-state index in [4.69, 9.17) is 28.0 Å². The first kappa shape index (κ1) is 23.2. The van der Waals surface area contributed by atoms with Crippen molar-refractivity contribution in [1.29, 1.82) is 0 Å². The van der Waals surface area contributed by atoms with Crippen molar-refractivity contribution in [2.24, 2.45) is 5.16 Å². The molecule has 2 heterocycles. The Morgan fingerprint density at radius 1 is 1.22 bits per heavy atom. The van der Waals surface area contributed by atoms with Gasteiger partial charge in [-0.15, -0.1) is 0 Å². The fraction of sp³-hybridized carbons (Fsp3) is 0.333. The summed E-state index contributed by atoms with van der Waals surface area (Å²) in [6.07, 6.45) is -5.37. The first-order valence-corrected chi connectivity index (χ1v) is 11.8. The van der Waals surface area contributed by atoms with Crippen LogP contribution in [0.5, 0.6) is 0 Å². The number of alkyl halides is 3. The number of halogens is 5. The summed E-state index contributed by atoms with van der Waals surface area (Å²) in [6, 6.07) is 8.17. The van der Waals surface area contributed by atoms with Crippen molar-refractivity contribution in [2.75, 3.05) is 11.5 Å². The maximum atomic E-state index is 14.1. The summed E-state index contributed by atoms with van der Waals surface area (Å²) in [7, 11) is 0. The molecule has 1 atom stereocenters. The van der Waals surface area contributed by atoms with E-state index in [0.717, 1.165) is 12.1 Å². The van der Waals surface area contributed by atoms with Gasteiger partial charge in [0.25, 0.3) is 11.5 Å². The molecule has 0 saturated carbocycles. The van der Waals surface area contributed by atoms with Crippen LogP contribution >= 0.6 is 23.2 Å². The Kier molecular flexibility index (Phi) is 6.13. The molecule has 170 valence electrons. The number of amides is 1. The van der Waals surface area contributed by atoms with Crippen LogP contribution in [0, 0.1) is 6.92 Å². The summed E-state index contributed by atoms with van der Waals surface area (Å²) in [5.41, 5.74) is -1.52. The fourth-order valence-corrected chi connectivity index (χ4v) is 5.18. The van der Waals surface area contributed by atoms with E-state index in [1.54, 1.807) is 13.0 Å². The second-order valence-electron chi connectivity index (χ2n) is 7.76. The minimum absolute atomic E-state index is 0.0506. The van der Waals surface area contributed by atoms with Crippen LogP contribution in [0.25, 0.3) is 0 Å². The van der Waals surface area contributed by atoms with Gasteiger partial charge >= 0.3 is 6.18 Å². The second kappa shape index (κ2) is 8.44. The Morgan fingerprint density at radius 2 is 1.88 bits per heavy atom. The van der Waals surface area contributed by atoms with Crippen molar-refractivity contribution >= 4 is 46.0 Å². The molecule has 2 aliphatic heterocycles. The molecule has 2 aliphatic rings. The molecule has 0 bridgehead atoms. The van der Waals surface area contributed by atoms with Crippen LogP contribution in [0.4, 0.5) is 13.2 Å². The van der Waals surface area contributed by atoms with E-state index in [2.05, 4.69) is 10.5 Å². The Bertz CT molecular complexity index is 1090. The average molecular weight is 505 g/mol. The van der Waals surface area contributed by atoms with Crippen molar-refractivity contribution in [3.05, 3.63) is 68.7 Å². The molecule has 2 aromatic rings. The van der Waals surface area contributed by atoms with Gasteiger partial charge < -0.3 is 14.7 Å². The van der Waals surface area contributed by atoms with Gasteiger partial charge in [0, 0.05) is 27.6 Å². The number of nitrogens with one attached hydrogen (secondary N) is 1. The Labute approximate surface area is 195 Å². The van der Waals surface area contributed by atoms with E-state index in [0.29, 0.717) is 28.2 Å². The lowest BCUT2D eigenvalue weighted by Gasteiger charge is -2.29. The quantitative estimate of drug-likeness (QED) is 0.610. The van der Waals surface area contributed by atoms with Crippen LogP contribution in [0.15, 0.2) is 41.6 Å². The molecule has 0 aliphatic carbocycles. The van der Waals surface area contributed by atoms with Crippen molar-refractivity contribution in [2.45, 2.75) is 31.2 Å². The molecule has 0 spiro atoms. The monoisotopic (exact) mass is 504 g/mol. The van der Waals surface area contributed by atoms with E-state index >= 15 is 0 Å². The minimum atomic E-state index is -4.79. The molecule has 1 saturated heterocycles. The normalized spacial score (nSPS) is 25.0. The zero-order chi connectivity index (χ0) is 23.3. The maximum absolute atomic E-state index is 14.1. The van der Waals surface area contributed by atoms with Crippen LogP contribution in [0.3, 0.4) is 0 Å². The molecule has 1 amide bonds. The summed E-state index contributed by atoms with van der Waals surface area (Å²) >= 11 is 10.9. The second-order valence-corrected chi connectivity index (χ2v) is 10.2. The molecule has 4 rings (SSSR count). The molecule has 0 aromatic heterocycles. The topological polar surface area (TPSA) is 73.8 Å². The summed E-state index contributed by atoms with van der Waals surface area (Å²) in [6.45, 7) is 1.68. The van der Waals surface area contributed by atoms with Gasteiger partial charge in [-0.05, 0) is 59.6 Å². The molecule has 2 aromatic carbocycles. The van der Waals surface area contributed by atoms with Gasteiger partial charge in [-0.3, -0.25) is 4.79 Å². The first-order chi connectivity index (χ1) is 15.0. The zero-order valence-corrected chi connectivity index (χ0v) is 19.0. The largest absolute Gasteiger partial charge is 0.616 e. The standard InChI is InChI=1S/C21H17Cl2F3N2O3S/c1-11-4-12(2-3-17(11)19(29)27-16-9-32(30)10-16)18-8-20(31-28-18,21(24,25)26)13-5-14(22)7-15(23)6-13/h2-7,16H,8-10H2,1H3,(H,27,29)/t16-,20-,32-/m0/s1. The highest BCUT2D eigenvalue weighted by molar-refractivity contribution is 7.92. The molecule has 0 unspecified atom stereocenters. The third-order valence-corrected chi connectivity index (χ3v) is 7.41. The van der Waals surface area contributed by atoms with E-state index in [-0.39, 0.29) is 33.3 Å². The van der Waals surface area contributed by atoms with E-state index in [1.807, 2.05) is 0 Å². The first-order valence-electron chi connectivity index (χ1n) is 9.54. The van der Waals surface area contributed by atoms with Gasteiger partial charge in [-0.1, -0.05) is 34.4 Å². The Morgan fingerprint density at radius 3 is 2.44 bits per heavy atom. The number of aryl methyl sites for hydroxylation is 1. The highest BCUT2D eigenvalue weighted by atomic mass is 35.5. The van der Waals surface area contributed by atoms with Gasteiger partial charge in [0.2, 0.25) is 0 Å². The molecular formula is C21H17Cl2F3N2O3S. The van der Waals surface area contributed by atoms with Gasteiger partial charge in [0.15, 0.2) is 0 Å². The van der Waals surface area contributed by atoms with Crippen molar-refractivity contribution < 1.29 is 27.4 Å². The molecule has 0 radical (unpaired) electrons. The third-order valence-electron chi connectivity index (χ3n) is 5.43. The summed E-state index contributed by atoms with van der Waals surface area (Å²) in [5.74, 6) is 0.521. The smallest absolute Gasteiger partial charge is 0.435 e. The SMILES string of the molecule is Cc1cc(C2=NO[C@@](c3cc(Cl)cc(Cl)c3)(C(F)(F)F)C2)ccc1C(=O)N[C@H]1C[S@+]([O-])C1. The lowest BCUT2D eigenvalue weighted by atomic mass is 9.86. The summed E-state index contributed by atoms with van der Waals surface area (Å²) < 4.78 is 53.6. The summed E-state index contributed by atoms with van der Waals surface area (Å²) in [4.78, 5) is 17.5. The van der Waals surface area contributed by atoms with Gasteiger partial charge in [0.05, 0.1) is 5.71 Å². The van der Waals surface area contributed by atoms with E-state index in [9.17, 15) is 22.5 Å². The van der Waals surface area contributed by atoms with E-state index < -0.39 is 29.4 Å². The maximum Gasteiger partial charge on any atom is 0.435 e. The highest BCUT2D eigenvalue weighted by Gasteiger charge is 2.62.